The summed E-state index contributed by atoms with van der Waals surface area (Å²) in [5.41, 5.74) is 1.22. The lowest BCUT2D eigenvalue weighted by Gasteiger charge is -2.21. The molecule has 2 N–H and O–H groups in total. The van der Waals surface area contributed by atoms with Crippen LogP contribution in [0, 0.1) is 5.92 Å². The van der Waals surface area contributed by atoms with Crippen molar-refractivity contribution in [2.45, 2.75) is 40.2 Å². The van der Waals surface area contributed by atoms with Gasteiger partial charge >= 0.3 is 0 Å². The molecule has 1 rings (SSSR count). The summed E-state index contributed by atoms with van der Waals surface area (Å²) in [4.78, 5) is 4.26. The van der Waals surface area contributed by atoms with Crippen molar-refractivity contribution in [3.8, 4) is 5.75 Å². The van der Waals surface area contributed by atoms with E-state index in [2.05, 4.69) is 42.5 Å². The number of nitrogens with zero attached hydrogens (tertiary/aromatic N) is 1. The van der Waals surface area contributed by atoms with Crippen molar-refractivity contribution in [1.29, 1.82) is 0 Å². The zero-order valence-electron chi connectivity index (χ0n) is 14.3. The summed E-state index contributed by atoms with van der Waals surface area (Å²) in [7, 11) is 1.80. The number of para-hydroxylation sites is 1. The first-order chi connectivity index (χ1) is 10.1. The summed E-state index contributed by atoms with van der Waals surface area (Å²) in [5, 5.41) is 6.76. The number of guanidine groups is 1. The smallest absolute Gasteiger partial charge is 0.191 e. The van der Waals surface area contributed by atoms with Crippen LogP contribution in [-0.4, -0.2) is 32.2 Å². The fourth-order valence-electron chi connectivity index (χ4n) is 1.90. The molecule has 0 aromatic heterocycles. The largest absolute Gasteiger partial charge is 0.494 e. The highest BCUT2D eigenvalue weighted by Crippen LogP contribution is 2.17. The molecule has 1 aromatic carbocycles. The minimum absolute atomic E-state index is 0. The Labute approximate surface area is 152 Å². The lowest BCUT2D eigenvalue weighted by molar-refractivity contribution is 0.336. The summed E-state index contributed by atoms with van der Waals surface area (Å²) in [6.07, 6.45) is 0.910. The van der Waals surface area contributed by atoms with Gasteiger partial charge in [-0.05, 0) is 37.8 Å². The van der Waals surface area contributed by atoms with Gasteiger partial charge in [-0.2, -0.15) is 0 Å². The molecule has 0 radical (unpaired) electrons. The maximum atomic E-state index is 5.64. The molecule has 126 valence electrons. The first kappa shape index (κ1) is 21.0. The lowest BCUT2D eigenvalue weighted by atomic mass is 10.1. The number of ether oxygens (including phenoxy) is 1. The van der Waals surface area contributed by atoms with Crippen LogP contribution >= 0.6 is 24.0 Å². The first-order valence-electron chi connectivity index (χ1n) is 7.76. The minimum atomic E-state index is 0. The van der Waals surface area contributed by atoms with Crippen molar-refractivity contribution in [2.24, 2.45) is 10.9 Å². The number of hydrogen-bond acceptors (Lipinski definition) is 2. The van der Waals surface area contributed by atoms with E-state index in [-0.39, 0.29) is 24.0 Å². The highest BCUT2D eigenvalue weighted by molar-refractivity contribution is 14.0. The van der Waals surface area contributed by atoms with Gasteiger partial charge in [0.25, 0.3) is 0 Å². The van der Waals surface area contributed by atoms with Crippen molar-refractivity contribution < 1.29 is 4.74 Å². The first-order valence-corrected chi connectivity index (χ1v) is 7.76. The van der Waals surface area contributed by atoms with E-state index < -0.39 is 0 Å². The Morgan fingerprint density at radius 2 is 1.91 bits per heavy atom. The predicted molar refractivity (Wildman–Crippen MR) is 106 cm³/mol. The number of nitrogens with one attached hydrogen (secondary N) is 2. The Morgan fingerprint density at radius 3 is 2.50 bits per heavy atom. The van der Waals surface area contributed by atoms with E-state index in [9.17, 15) is 0 Å². The van der Waals surface area contributed by atoms with Gasteiger partial charge in [-0.15, -0.1) is 24.0 Å². The van der Waals surface area contributed by atoms with Crippen molar-refractivity contribution in [2.75, 3.05) is 20.2 Å². The molecule has 1 atom stereocenters. The molecular weight excluding hydrogens is 389 g/mol. The van der Waals surface area contributed by atoms with E-state index in [1.54, 1.807) is 7.05 Å². The van der Waals surface area contributed by atoms with Gasteiger partial charge in [0.2, 0.25) is 0 Å². The molecule has 0 heterocycles. The lowest BCUT2D eigenvalue weighted by Crippen LogP contribution is -2.44. The van der Waals surface area contributed by atoms with Crippen LogP contribution in [0.2, 0.25) is 0 Å². The Morgan fingerprint density at radius 1 is 1.23 bits per heavy atom. The van der Waals surface area contributed by atoms with Crippen LogP contribution in [0.4, 0.5) is 0 Å². The van der Waals surface area contributed by atoms with Crippen molar-refractivity contribution in [3.05, 3.63) is 29.8 Å². The molecule has 22 heavy (non-hydrogen) atoms. The van der Waals surface area contributed by atoms with E-state index >= 15 is 0 Å². The van der Waals surface area contributed by atoms with Gasteiger partial charge in [-0.3, -0.25) is 4.99 Å². The summed E-state index contributed by atoms with van der Waals surface area (Å²) in [6, 6.07) is 8.58. The van der Waals surface area contributed by atoms with Gasteiger partial charge in [0.15, 0.2) is 5.96 Å². The normalized spacial score (nSPS) is 12.5. The summed E-state index contributed by atoms with van der Waals surface area (Å²) < 4.78 is 5.64. The van der Waals surface area contributed by atoms with Gasteiger partial charge < -0.3 is 15.4 Å². The zero-order chi connectivity index (χ0) is 15.7. The van der Waals surface area contributed by atoms with Crippen LogP contribution in [0.5, 0.6) is 5.75 Å². The Kier molecular flexibility index (Phi) is 11.1. The maximum absolute atomic E-state index is 5.64. The molecule has 4 nitrogen and oxygen atoms in total. The maximum Gasteiger partial charge on any atom is 0.191 e. The van der Waals surface area contributed by atoms with Gasteiger partial charge in [0.05, 0.1) is 6.61 Å². The van der Waals surface area contributed by atoms with Crippen LogP contribution in [0.3, 0.4) is 0 Å². The monoisotopic (exact) mass is 419 g/mol. The van der Waals surface area contributed by atoms with Crippen LogP contribution in [0.15, 0.2) is 29.3 Å². The third-order valence-corrected chi connectivity index (χ3v) is 3.55. The molecule has 0 amide bonds. The topological polar surface area (TPSA) is 45.6 Å². The fourth-order valence-corrected chi connectivity index (χ4v) is 1.90. The molecule has 0 fully saturated rings. The van der Waals surface area contributed by atoms with Gasteiger partial charge in [0, 0.05) is 19.6 Å². The summed E-state index contributed by atoms with van der Waals surface area (Å²) in [6.45, 7) is 10.1. The van der Waals surface area contributed by atoms with Crippen molar-refractivity contribution in [3.63, 3.8) is 0 Å². The number of benzene rings is 1. The van der Waals surface area contributed by atoms with E-state index in [0.717, 1.165) is 24.7 Å². The molecule has 5 heteroatoms. The quantitative estimate of drug-likeness (QED) is 0.404. The molecule has 1 unspecified atom stereocenters. The van der Waals surface area contributed by atoms with Crippen LogP contribution in [0.25, 0.3) is 0 Å². The Bertz CT molecular complexity index is 449. The standard InChI is InChI=1S/C17H29N3O.HI/c1-6-21-16-10-8-7-9-15(16)11-12-19-17(18-5)20-14(4)13(2)3;/h7-10,13-14H,6,11-12H2,1-5H3,(H2,18,19,20);1H. The predicted octanol–water partition coefficient (Wildman–Crippen LogP) is 3.46. The number of halogens is 1. The second-order valence-electron chi connectivity index (χ2n) is 5.47. The van der Waals surface area contributed by atoms with E-state index in [0.29, 0.717) is 18.6 Å². The molecule has 0 aliphatic carbocycles. The third kappa shape index (κ3) is 7.33. The minimum Gasteiger partial charge on any atom is -0.494 e. The number of rotatable bonds is 7. The SMILES string of the molecule is CCOc1ccccc1CCNC(=NC)NC(C)C(C)C.I. The number of aliphatic imine (C=N–C) groups is 1. The van der Waals surface area contributed by atoms with E-state index in [1.807, 2.05) is 25.1 Å². The molecule has 1 aromatic rings. The molecule has 0 saturated heterocycles. The van der Waals surface area contributed by atoms with E-state index in [4.69, 9.17) is 4.74 Å². The van der Waals surface area contributed by atoms with Crippen LogP contribution < -0.4 is 15.4 Å². The zero-order valence-corrected chi connectivity index (χ0v) is 16.7. The van der Waals surface area contributed by atoms with Crippen LogP contribution in [-0.2, 0) is 6.42 Å². The van der Waals surface area contributed by atoms with Gasteiger partial charge in [0.1, 0.15) is 5.75 Å². The molecule has 0 saturated carbocycles. The Hall–Kier alpha value is -0.980. The van der Waals surface area contributed by atoms with Crippen LogP contribution in [0.1, 0.15) is 33.3 Å². The van der Waals surface area contributed by atoms with E-state index in [1.165, 1.54) is 5.56 Å². The Balaban J connectivity index is 0.00000441. The second-order valence-corrected chi connectivity index (χ2v) is 5.47. The van der Waals surface area contributed by atoms with Gasteiger partial charge in [-0.25, -0.2) is 0 Å². The summed E-state index contributed by atoms with van der Waals surface area (Å²) in [5.74, 6) is 2.40. The highest BCUT2D eigenvalue weighted by Gasteiger charge is 2.09. The number of hydrogen-bond donors (Lipinski definition) is 2. The summed E-state index contributed by atoms with van der Waals surface area (Å²) >= 11 is 0. The average molecular weight is 419 g/mol. The van der Waals surface area contributed by atoms with Crippen molar-refractivity contribution >= 4 is 29.9 Å². The molecule has 0 aliphatic rings. The molecule has 0 bridgehead atoms. The highest BCUT2D eigenvalue weighted by atomic mass is 127. The second kappa shape index (κ2) is 11.6. The van der Waals surface area contributed by atoms with Crippen molar-refractivity contribution in [1.82, 2.24) is 10.6 Å². The third-order valence-electron chi connectivity index (χ3n) is 3.55. The molecular formula is C17H30IN3O. The average Bonchev–Trinajstić information content (AvgIpc) is 2.47. The fraction of sp³-hybridized carbons (Fsp3) is 0.588. The molecule has 0 spiro atoms. The van der Waals surface area contributed by atoms with Gasteiger partial charge in [-0.1, -0.05) is 32.0 Å². The molecule has 0 aliphatic heterocycles.